The molecular formula is C10H14ClNO2S. The van der Waals surface area contributed by atoms with Gasteiger partial charge in [-0.25, -0.2) is 13.6 Å². The maximum absolute atomic E-state index is 11.3. The van der Waals surface area contributed by atoms with E-state index in [1.807, 2.05) is 6.92 Å². The Morgan fingerprint density at radius 1 is 1.40 bits per heavy atom. The van der Waals surface area contributed by atoms with Crippen molar-refractivity contribution >= 4 is 21.6 Å². The van der Waals surface area contributed by atoms with Crippen molar-refractivity contribution in [3.05, 3.63) is 29.8 Å². The van der Waals surface area contributed by atoms with Crippen LogP contribution in [0.3, 0.4) is 0 Å². The van der Waals surface area contributed by atoms with Crippen LogP contribution in [0.5, 0.6) is 0 Å². The molecule has 1 atom stereocenters. The summed E-state index contributed by atoms with van der Waals surface area (Å²) in [5.74, 6) is 0. The first kappa shape index (κ1) is 12.5. The molecule has 0 radical (unpaired) electrons. The zero-order valence-electron chi connectivity index (χ0n) is 8.48. The van der Waals surface area contributed by atoms with Crippen LogP contribution in [-0.2, 0) is 16.4 Å². The van der Waals surface area contributed by atoms with Crippen LogP contribution in [0.4, 0.5) is 0 Å². The number of alkyl halides is 1. The molecule has 1 aromatic rings. The highest BCUT2D eigenvalue weighted by Crippen LogP contribution is 2.18. The predicted molar refractivity (Wildman–Crippen MR) is 61.5 cm³/mol. The van der Waals surface area contributed by atoms with Crippen molar-refractivity contribution in [1.29, 1.82) is 0 Å². The minimum atomic E-state index is -3.65. The third-order valence-corrected chi connectivity index (χ3v) is 3.64. The summed E-state index contributed by atoms with van der Waals surface area (Å²) in [4.78, 5) is 0.170. The van der Waals surface area contributed by atoms with Crippen molar-refractivity contribution in [2.45, 2.75) is 30.0 Å². The lowest BCUT2D eigenvalue weighted by Gasteiger charge is -2.10. The number of hydrogen-bond donors (Lipinski definition) is 1. The number of rotatable bonds is 4. The number of halogens is 1. The van der Waals surface area contributed by atoms with Gasteiger partial charge in [-0.2, -0.15) is 0 Å². The van der Waals surface area contributed by atoms with Crippen LogP contribution >= 0.6 is 11.6 Å². The van der Waals surface area contributed by atoms with Crippen LogP contribution in [0.2, 0.25) is 0 Å². The molecule has 2 N–H and O–H groups in total. The average Bonchev–Trinajstić information content (AvgIpc) is 2.17. The highest BCUT2D eigenvalue weighted by atomic mass is 35.5. The van der Waals surface area contributed by atoms with Gasteiger partial charge in [0.1, 0.15) is 0 Å². The van der Waals surface area contributed by atoms with Gasteiger partial charge in [-0.1, -0.05) is 25.1 Å². The molecule has 0 aromatic heterocycles. The highest BCUT2D eigenvalue weighted by Gasteiger charge is 2.14. The Hall–Kier alpha value is -0.580. The second-order valence-electron chi connectivity index (χ2n) is 3.36. The normalized spacial score (nSPS) is 13.8. The predicted octanol–water partition coefficient (Wildman–Crippen LogP) is 1.89. The van der Waals surface area contributed by atoms with E-state index in [-0.39, 0.29) is 10.3 Å². The smallest absolute Gasteiger partial charge is 0.225 e. The van der Waals surface area contributed by atoms with E-state index in [0.29, 0.717) is 12.0 Å². The van der Waals surface area contributed by atoms with Gasteiger partial charge in [0, 0.05) is 5.38 Å². The molecule has 0 fully saturated rings. The van der Waals surface area contributed by atoms with E-state index in [4.69, 9.17) is 16.7 Å². The number of primary sulfonamides is 1. The minimum absolute atomic E-state index is 0.0621. The molecule has 0 spiro atoms. The Bertz CT molecular complexity index is 431. The van der Waals surface area contributed by atoms with E-state index in [1.54, 1.807) is 18.2 Å². The van der Waals surface area contributed by atoms with Crippen molar-refractivity contribution < 1.29 is 8.42 Å². The molecule has 15 heavy (non-hydrogen) atoms. The van der Waals surface area contributed by atoms with Gasteiger partial charge in [0.05, 0.1) is 4.90 Å². The minimum Gasteiger partial charge on any atom is -0.225 e. The quantitative estimate of drug-likeness (QED) is 0.826. The van der Waals surface area contributed by atoms with Crippen molar-refractivity contribution in [1.82, 2.24) is 0 Å². The SMILES string of the molecule is CCC(Cl)Cc1ccccc1S(N)(=O)=O. The molecule has 0 heterocycles. The first-order valence-electron chi connectivity index (χ1n) is 4.70. The van der Waals surface area contributed by atoms with E-state index in [2.05, 4.69) is 0 Å². The molecule has 5 heteroatoms. The van der Waals surface area contributed by atoms with E-state index in [1.165, 1.54) is 6.07 Å². The third-order valence-electron chi connectivity index (χ3n) is 2.16. The molecule has 3 nitrogen and oxygen atoms in total. The van der Waals surface area contributed by atoms with E-state index in [0.717, 1.165) is 6.42 Å². The second kappa shape index (κ2) is 4.96. The Kier molecular flexibility index (Phi) is 4.13. The van der Waals surface area contributed by atoms with Gasteiger partial charge in [0.2, 0.25) is 10.0 Å². The van der Waals surface area contributed by atoms with E-state index in [9.17, 15) is 8.42 Å². The van der Waals surface area contributed by atoms with E-state index < -0.39 is 10.0 Å². The summed E-state index contributed by atoms with van der Waals surface area (Å²) < 4.78 is 22.5. The Labute approximate surface area is 95.3 Å². The van der Waals surface area contributed by atoms with Gasteiger partial charge in [-0.15, -0.1) is 11.6 Å². The molecule has 1 aromatic carbocycles. The van der Waals surface area contributed by atoms with Crippen molar-refractivity contribution in [3.8, 4) is 0 Å². The summed E-state index contributed by atoms with van der Waals surface area (Å²) in [6, 6.07) is 6.68. The van der Waals surface area contributed by atoms with Crippen LogP contribution in [0.25, 0.3) is 0 Å². The van der Waals surface area contributed by atoms with Crippen LogP contribution in [0, 0.1) is 0 Å². The van der Waals surface area contributed by atoms with Gasteiger partial charge >= 0.3 is 0 Å². The molecule has 1 unspecified atom stereocenters. The largest absolute Gasteiger partial charge is 0.238 e. The topological polar surface area (TPSA) is 60.2 Å². The number of benzene rings is 1. The maximum Gasteiger partial charge on any atom is 0.238 e. The van der Waals surface area contributed by atoms with Crippen LogP contribution in [-0.4, -0.2) is 13.8 Å². The molecule has 84 valence electrons. The maximum atomic E-state index is 11.3. The molecule has 0 aliphatic rings. The first-order chi connectivity index (χ1) is 6.95. The molecule has 0 amide bonds. The lowest BCUT2D eigenvalue weighted by atomic mass is 10.1. The van der Waals surface area contributed by atoms with Crippen LogP contribution < -0.4 is 5.14 Å². The Balaban J connectivity index is 3.08. The third kappa shape index (κ3) is 3.48. The summed E-state index contributed by atoms with van der Waals surface area (Å²) in [7, 11) is -3.65. The first-order valence-corrected chi connectivity index (χ1v) is 6.68. The zero-order valence-corrected chi connectivity index (χ0v) is 10.1. The van der Waals surface area contributed by atoms with E-state index >= 15 is 0 Å². The fourth-order valence-corrected chi connectivity index (χ4v) is 2.28. The fourth-order valence-electron chi connectivity index (χ4n) is 1.33. The van der Waals surface area contributed by atoms with Gasteiger partial charge in [0.15, 0.2) is 0 Å². The van der Waals surface area contributed by atoms with Gasteiger partial charge in [0.25, 0.3) is 0 Å². The molecule has 0 saturated carbocycles. The molecule has 1 rings (SSSR count). The van der Waals surface area contributed by atoms with Crippen molar-refractivity contribution in [2.24, 2.45) is 5.14 Å². The lowest BCUT2D eigenvalue weighted by molar-refractivity contribution is 0.596. The van der Waals surface area contributed by atoms with Gasteiger partial charge in [-0.3, -0.25) is 0 Å². The number of hydrogen-bond acceptors (Lipinski definition) is 2. The highest BCUT2D eigenvalue weighted by molar-refractivity contribution is 7.89. The van der Waals surface area contributed by atoms with Crippen molar-refractivity contribution in [3.63, 3.8) is 0 Å². The van der Waals surface area contributed by atoms with Crippen LogP contribution in [0.15, 0.2) is 29.2 Å². The molecule has 0 saturated heterocycles. The molecule has 0 aliphatic carbocycles. The van der Waals surface area contributed by atoms with Crippen molar-refractivity contribution in [2.75, 3.05) is 0 Å². The zero-order chi connectivity index (χ0) is 11.5. The molecular weight excluding hydrogens is 234 g/mol. The summed E-state index contributed by atoms with van der Waals surface area (Å²) in [5.41, 5.74) is 0.682. The second-order valence-corrected chi connectivity index (χ2v) is 5.51. The van der Waals surface area contributed by atoms with Crippen LogP contribution in [0.1, 0.15) is 18.9 Å². The lowest BCUT2D eigenvalue weighted by Crippen LogP contribution is -2.16. The summed E-state index contributed by atoms with van der Waals surface area (Å²) in [6.07, 6.45) is 1.31. The summed E-state index contributed by atoms with van der Waals surface area (Å²) >= 11 is 5.99. The Morgan fingerprint density at radius 2 is 2.00 bits per heavy atom. The molecule has 0 bridgehead atoms. The summed E-state index contributed by atoms with van der Waals surface area (Å²) in [6.45, 7) is 1.96. The molecule has 0 aliphatic heterocycles. The fraction of sp³-hybridized carbons (Fsp3) is 0.400. The van der Waals surface area contributed by atoms with Gasteiger partial charge < -0.3 is 0 Å². The monoisotopic (exact) mass is 247 g/mol. The summed E-state index contributed by atoms with van der Waals surface area (Å²) in [5, 5.41) is 5.04. The Morgan fingerprint density at radius 3 is 2.53 bits per heavy atom. The van der Waals surface area contributed by atoms with Gasteiger partial charge in [-0.05, 0) is 24.5 Å². The number of nitrogens with two attached hydrogens (primary N) is 1. The number of sulfonamides is 1. The standard InChI is InChI=1S/C10H14ClNO2S/c1-2-9(11)7-8-5-3-4-6-10(8)15(12,13)14/h3-6,9H,2,7H2,1H3,(H2,12,13,14). The average molecular weight is 248 g/mol.